The summed E-state index contributed by atoms with van der Waals surface area (Å²) in [4.78, 5) is 23.2. The third kappa shape index (κ3) is 10.5. The number of hydrogen-bond acceptors (Lipinski definition) is 3. The highest BCUT2D eigenvalue weighted by Gasteiger charge is 2.38. The smallest absolute Gasteiger partial charge is 0.475 e. The topological polar surface area (TPSA) is 145 Å². The summed E-state index contributed by atoms with van der Waals surface area (Å²) in [5.74, 6) is -3.34. The van der Waals surface area contributed by atoms with Gasteiger partial charge in [0, 0.05) is 0 Å². The molecule has 0 rings (SSSR count). The fourth-order valence-electron chi connectivity index (χ4n) is 0.724. The van der Waals surface area contributed by atoms with Crippen molar-refractivity contribution in [3.8, 4) is 0 Å². The molecule has 0 bridgehead atoms. The molecule has 0 spiro atoms. The van der Waals surface area contributed by atoms with Crippen molar-refractivity contribution >= 4 is 17.8 Å². The molecule has 0 aromatic rings. The van der Waals surface area contributed by atoms with Gasteiger partial charge in [-0.1, -0.05) is 13.3 Å². The van der Waals surface area contributed by atoms with E-state index in [0.717, 1.165) is 6.42 Å². The number of carbonyl (C=O) groups excluding carboxylic acids is 1. The van der Waals surface area contributed by atoms with E-state index >= 15 is 0 Å². The third-order valence-corrected chi connectivity index (χ3v) is 1.44. The van der Waals surface area contributed by atoms with Crippen molar-refractivity contribution in [3.63, 3.8) is 0 Å². The maximum absolute atomic E-state index is 10.6. The Hall–Kier alpha value is -2.00. The second kappa shape index (κ2) is 8.14. The van der Waals surface area contributed by atoms with Gasteiger partial charge in [0.1, 0.15) is 6.04 Å². The fraction of sp³-hybridized carbons (Fsp3) is 0.625. The number of nitrogens with two attached hydrogens (primary N) is 3. The molecular weight excluding hydrogens is 257 g/mol. The lowest BCUT2D eigenvalue weighted by Gasteiger charge is -2.05. The third-order valence-electron chi connectivity index (χ3n) is 1.44. The zero-order valence-electron chi connectivity index (χ0n) is 9.57. The first-order chi connectivity index (χ1) is 8.02. The van der Waals surface area contributed by atoms with E-state index in [-0.39, 0.29) is 5.96 Å². The van der Waals surface area contributed by atoms with Crippen LogP contribution in [-0.2, 0) is 9.59 Å². The van der Waals surface area contributed by atoms with Crippen LogP contribution >= 0.6 is 0 Å². The Morgan fingerprint density at radius 3 is 1.83 bits per heavy atom. The van der Waals surface area contributed by atoms with E-state index in [1.807, 2.05) is 6.92 Å². The minimum absolute atomic E-state index is 0.0951. The first-order valence-electron chi connectivity index (χ1n) is 4.70. The lowest BCUT2D eigenvalue weighted by Crippen LogP contribution is -2.32. The standard InChI is InChI=1S/C6H14N4O.C2HF3O2/c1-2-3-4(5(7)11)10-6(8)9;3-2(4,5)1(6)7/h4H,2-3H2,1H3,(H2,7,11)(H4,8,9,10);(H,6,7)/t4-;/m1./s1. The first-order valence-corrected chi connectivity index (χ1v) is 4.70. The zero-order valence-corrected chi connectivity index (χ0v) is 9.57. The number of alkyl halides is 3. The highest BCUT2D eigenvalue weighted by atomic mass is 19.4. The predicted molar refractivity (Wildman–Crippen MR) is 57.4 cm³/mol. The molecule has 0 fully saturated rings. The predicted octanol–water partition coefficient (Wildman–Crippen LogP) is -0.453. The number of aliphatic imine (C=N–C) groups is 1. The number of carboxylic acid groups (broad SMARTS) is 1. The van der Waals surface area contributed by atoms with Gasteiger partial charge < -0.3 is 22.3 Å². The lowest BCUT2D eigenvalue weighted by atomic mass is 10.2. The number of rotatable bonds is 4. The number of primary amides is 1. The van der Waals surface area contributed by atoms with Crippen LogP contribution in [0.3, 0.4) is 0 Å². The van der Waals surface area contributed by atoms with Gasteiger partial charge in [0.25, 0.3) is 0 Å². The van der Waals surface area contributed by atoms with Crippen LogP contribution in [0.15, 0.2) is 4.99 Å². The average molecular weight is 272 g/mol. The van der Waals surface area contributed by atoms with Crippen LogP contribution in [0.25, 0.3) is 0 Å². The van der Waals surface area contributed by atoms with Gasteiger partial charge in [-0.05, 0) is 6.42 Å². The van der Waals surface area contributed by atoms with Gasteiger partial charge in [-0.2, -0.15) is 13.2 Å². The second-order valence-electron chi connectivity index (χ2n) is 3.06. The van der Waals surface area contributed by atoms with Crippen LogP contribution in [-0.4, -0.2) is 35.2 Å². The second-order valence-corrected chi connectivity index (χ2v) is 3.06. The van der Waals surface area contributed by atoms with E-state index in [0.29, 0.717) is 6.42 Å². The normalized spacial score (nSPS) is 11.8. The largest absolute Gasteiger partial charge is 0.490 e. The highest BCUT2D eigenvalue weighted by Crippen LogP contribution is 2.13. The Morgan fingerprint density at radius 1 is 1.28 bits per heavy atom. The summed E-state index contributed by atoms with van der Waals surface area (Å²) in [5.41, 5.74) is 15.2. The molecule has 0 aliphatic heterocycles. The highest BCUT2D eigenvalue weighted by molar-refractivity contribution is 5.84. The number of carbonyl (C=O) groups is 2. The van der Waals surface area contributed by atoms with Gasteiger partial charge in [-0.15, -0.1) is 0 Å². The van der Waals surface area contributed by atoms with Gasteiger partial charge in [0.15, 0.2) is 5.96 Å². The van der Waals surface area contributed by atoms with E-state index in [9.17, 15) is 18.0 Å². The quantitative estimate of drug-likeness (QED) is 0.404. The van der Waals surface area contributed by atoms with Crippen molar-refractivity contribution in [1.82, 2.24) is 0 Å². The van der Waals surface area contributed by atoms with Crippen molar-refractivity contribution in [2.45, 2.75) is 32.0 Å². The number of amides is 1. The Balaban J connectivity index is 0. The molecule has 1 amide bonds. The summed E-state index contributed by atoms with van der Waals surface area (Å²) in [7, 11) is 0. The maximum atomic E-state index is 10.6. The molecule has 7 N–H and O–H groups in total. The number of guanidine groups is 1. The van der Waals surface area contributed by atoms with E-state index in [1.54, 1.807) is 0 Å². The van der Waals surface area contributed by atoms with Gasteiger partial charge >= 0.3 is 12.1 Å². The van der Waals surface area contributed by atoms with Crippen LogP contribution in [0.5, 0.6) is 0 Å². The average Bonchev–Trinajstić information content (AvgIpc) is 2.15. The van der Waals surface area contributed by atoms with Crippen molar-refractivity contribution in [2.75, 3.05) is 0 Å². The molecule has 18 heavy (non-hydrogen) atoms. The van der Waals surface area contributed by atoms with Gasteiger partial charge in [-0.3, -0.25) is 4.79 Å². The SMILES string of the molecule is CCC[C@@H](N=C(N)N)C(N)=O.O=C(O)C(F)(F)F. The van der Waals surface area contributed by atoms with Crippen molar-refractivity contribution < 1.29 is 27.9 Å². The van der Waals surface area contributed by atoms with Crippen molar-refractivity contribution in [3.05, 3.63) is 0 Å². The Labute approximate surface area is 101 Å². The van der Waals surface area contributed by atoms with Crippen molar-refractivity contribution in [1.29, 1.82) is 0 Å². The number of aliphatic carboxylic acids is 1. The van der Waals surface area contributed by atoms with Gasteiger partial charge in [0.2, 0.25) is 5.91 Å². The minimum Gasteiger partial charge on any atom is -0.475 e. The molecular formula is C8H15F3N4O3. The van der Waals surface area contributed by atoms with E-state index in [1.165, 1.54) is 0 Å². The molecule has 0 heterocycles. The van der Waals surface area contributed by atoms with E-state index in [2.05, 4.69) is 4.99 Å². The summed E-state index contributed by atoms with van der Waals surface area (Å²) in [6, 6.07) is -0.565. The van der Waals surface area contributed by atoms with Crippen molar-refractivity contribution in [2.24, 2.45) is 22.2 Å². The zero-order chi connectivity index (χ0) is 14.9. The Kier molecular flexibility index (Phi) is 8.31. The fourth-order valence-corrected chi connectivity index (χ4v) is 0.724. The van der Waals surface area contributed by atoms with Crippen LogP contribution in [0.4, 0.5) is 13.2 Å². The molecule has 1 atom stereocenters. The molecule has 0 aromatic carbocycles. The number of nitrogens with zero attached hydrogens (tertiary/aromatic N) is 1. The summed E-state index contributed by atoms with van der Waals surface area (Å²) in [6.07, 6.45) is -3.67. The Bertz CT molecular complexity index is 313. The molecule has 0 aliphatic carbocycles. The molecule has 0 aliphatic rings. The van der Waals surface area contributed by atoms with Crippen LogP contribution < -0.4 is 17.2 Å². The first kappa shape index (κ1) is 18.4. The summed E-state index contributed by atoms with van der Waals surface area (Å²) >= 11 is 0. The van der Waals surface area contributed by atoms with Crippen LogP contribution in [0.1, 0.15) is 19.8 Å². The maximum Gasteiger partial charge on any atom is 0.490 e. The minimum atomic E-state index is -5.08. The molecule has 0 saturated carbocycles. The lowest BCUT2D eigenvalue weighted by molar-refractivity contribution is -0.192. The monoisotopic (exact) mass is 272 g/mol. The van der Waals surface area contributed by atoms with Gasteiger partial charge in [0.05, 0.1) is 0 Å². The van der Waals surface area contributed by atoms with E-state index in [4.69, 9.17) is 27.1 Å². The van der Waals surface area contributed by atoms with Crippen LogP contribution in [0.2, 0.25) is 0 Å². The summed E-state index contributed by atoms with van der Waals surface area (Å²) in [6.45, 7) is 1.93. The number of carboxylic acids is 1. The molecule has 0 saturated heterocycles. The summed E-state index contributed by atoms with van der Waals surface area (Å²) < 4.78 is 31.7. The molecule has 0 aromatic heterocycles. The van der Waals surface area contributed by atoms with E-state index < -0.39 is 24.1 Å². The molecule has 0 radical (unpaired) electrons. The Morgan fingerprint density at radius 2 is 1.67 bits per heavy atom. The molecule has 7 nitrogen and oxygen atoms in total. The molecule has 10 heteroatoms. The molecule has 0 unspecified atom stereocenters. The number of hydrogen-bond donors (Lipinski definition) is 4. The van der Waals surface area contributed by atoms with Crippen LogP contribution in [0, 0.1) is 0 Å². The number of halogens is 3. The molecule has 106 valence electrons. The summed E-state index contributed by atoms with van der Waals surface area (Å²) in [5, 5.41) is 7.12. The van der Waals surface area contributed by atoms with Gasteiger partial charge in [-0.25, -0.2) is 9.79 Å².